The van der Waals surface area contributed by atoms with E-state index in [4.69, 9.17) is 0 Å². The van der Waals surface area contributed by atoms with E-state index in [1.165, 1.54) is 5.57 Å². The Kier molecular flexibility index (Phi) is 3.61. The fourth-order valence-electron chi connectivity index (χ4n) is 2.12. The summed E-state index contributed by atoms with van der Waals surface area (Å²) in [5.41, 5.74) is 2.17. The van der Waals surface area contributed by atoms with Crippen molar-refractivity contribution in [2.24, 2.45) is 0 Å². The van der Waals surface area contributed by atoms with Crippen LogP contribution in [0.5, 0.6) is 0 Å². The molecule has 0 unspecified atom stereocenters. The average Bonchev–Trinajstić information content (AvgIpc) is 2.19. The predicted molar refractivity (Wildman–Crippen MR) is 64.2 cm³/mol. The molecular weight excluding hydrogens is 202 g/mol. The number of piperidine rings is 1. The molecular formula is C12H21N3O. The second-order valence-corrected chi connectivity index (χ2v) is 4.88. The maximum Gasteiger partial charge on any atom is 0.247 e. The Morgan fingerprint density at radius 3 is 2.50 bits per heavy atom. The summed E-state index contributed by atoms with van der Waals surface area (Å²) >= 11 is 0. The van der Waals surface area contributed by atoms with Crippen LogP contribution in [-0.2, 0) is 4.79 Å². The molecule has 2 saturated heterocycles. The van der Waals surface area contributed by atoms with E-state index in [0.29, 0.717) is 6.04 Å². The predicted octanol–water partition coefficient (Wildman–Crippen LogP) is 0.117. The van der Waals surface area contributed by atoms with Crippen LogP contribution in [0.15, 0.2) is 11.1 Å². The minimum atomic E-state index is 0.131. The Bertz CT molecular complexity index is 297. The van der Waals surface area contributed by atoms with E-state index in [-0.39, 0.29) is 5.91 Å². The maximum atomic E-state index is 11.9. The first kappa shape index (κ1) is 11.6. The normalized spacial score (nSPS) is 22.8. The quantitative estimate of drug-likeness (QED) is 0.653. The molecule has 2 N–H and O–H groups in total. The van der Waals surface area contributed by atoms with Gasteiger partial charge in [-0.1, -0.05) is 0 Å². The van der Waals surface area contributed by atoms with Crippen LogP contribution in [0.25, 0.3) is 0 Å². The highest BCUT2D eigenvalue weighted by molar-refractivity contribution is 5.94. The van der Waals surface area contributed by atoms with E-state index in [0.717, 1.165) is 44.6 Å². The molecule has 0 atom stereocenters. The summed E-state index contributed by atoms with van der Waals surface area (Å²) in [6.45, 7) is 5.87. The smallest absolute Gasteiger partial charge is 0.247 e. The fourth-order valence-corrected chi connectivity index (χ4v) is 2.12. The molecule has 0 aliphatic carbocycles. The Balaban J connectivity index is 1.83. The van der Waals surface area contributed by atoms with Crippen molar-refractivity contribution in [1.29, 1.82) is 0 Å². The maximum absolute atomic E-state index is 11.9. The molecule has 2 fully saturated rings. The zero-order valence-electron chi connectivity index (χ0n) is 10.2. The van der Waals surface area contributed by atoms with Gasteiger partial charge in [0.1, 0.15) is 0 Å². The van der Waals surface area contributed by atoms with E-state index in [9.17, 15) is 4.79 Å². The highest BCUT2D eigenvalue weighted by Crippen LogP contribution is 2.12. The van der Waals surface area contributed by atoms with Crippen LogP contribution in [-0.4, -0.2) is 50.1 Å². The van der Waals surface area contributed by atoms with Crippen molar-refractivity contribution >= 4 is 5.91 Å². The number of hydrogen-bond acceptors (Lipinski definition) is 3. The van der Waals surface area contributed by atoms with Gasteiger partial charge >= 0.3 is 0 Å². The van der Waals surface area contributed by atoms with Crippen molar-refractivity contribution in [2.75, 3.05) is 33.2 Å². The van der Waals surface area contributed by atoms with Crippen LogP contribution in [0.4, 0.5) is 0 Å². The lowest BCUT2D eigenvalue weighted by molar-refractivity contribution is -0.118. The van der Waals surface area contributed by atoms with Crippen molar-refractivity contribution in [3.63, 3.8) is 0 Å². The molecule has 16 heavy (non-hydrogen) atoms. The number of amides is 1. The molecule has 0 saturated carbocycles. The van der Waals surface area contributed by atoms with Crippen LogP contribution in [0.2, 0.25) is 0 Å². The third kappa shape index (κ3) is 2.62. The Hall–Kier alpha value is -0.870. The van der Waals surface area contributed by atoms with E-state index in [1.807, 2.05) is 6.92 Å². The number of rotatable bonds is 2. The third-order valence-corrected chi connectivity index (χ3v) is 3.60. The highest BCUT2D eigenvalue weighted by Gasteiger charge is 2.21. The Morgan fingerprint density at radius 1 is 1.38 bits per heavy atom. The molecule has 2 aliphatic rings. The van der Waals surface area contributed by atoms with Gasteiger partial charge in [0.15, 0.2) is 0 Å². The van der Waals surface area contributed by atoms with Gasteiger partial charge in [-0.05, 0) is 45.5 Å². The summed E-state index contributed by atoms with van der Waals surface area (Å²) in [4.78, 5) is 14.2. The standard InChI is InChI=1S/C12H21N3O/c1-9(10-7-13-8-10)12(16)14-11-3-5-15(2)6-4-11/h11,13H,3-8H2,1-2H3,(H,14,16). The molecule has 0 bridgehead atoms. The van der Waals surface area contributed by atoms with Gasteiger partial charge in [-0.3, -0.25) is 4.79 Å². The Labute approximate surface area is 97.1 Å². The third-order valence-electron chi connectivity index (χ3n) is 3.60. The highest BCUT2D eigenvalue weighted by atomic mass is 16.1. The molecule has 0 aromatic heterocycles. The van der Waals surface area contributed by atoms with Gasteiger partial charge in [0.05, 0.1) is 0 Å². The summed E-state index contributed by atoms with van der Waals surface area (Å²) in [6, 6.07) is 0.368. The van der Waals surface area contributed by atoms with Crippen LogP contribution in [0, 0.1) is 0 Å². The van der Waals surface area contributed by atoms with Crippen LogP contribution >= 0.6 is 0 Å². The minimum Gasteiger partial charge on any atom is -0.349 e. The van der Waals surface area contributed by atoms with Crippen molar-refractivity contribution in [2.45, 2.75) is 25.8 Å². The number of carbonyl (C=O) groups is 1. The first-order valence-corrected chi connectivity index (χ1v) is 6.05. The van der Waals surface area contributed by atoms with E-state index >= 15 is 0 Å². The number of nitrogens with zero attached hydrogens (tertiary/aromatic N) is 1. The molecule has 1 amide bonds. The first-order chi connectivity index (χ1) is 7.66. The largest absolute Gasteiger partial charge is 0.349 e. The molecule has 4 heteroatoms. The van der Waals surface area contributed by atoms with Gasteiger partial charge in [0.2, 0.25) is 5.91 Å². The van der Waals surface area contributed by atoms with Crippen LogP contribution in [0.1, 0.15) is 19.8 Å². The average molecular weight is 223 g/mol. The fraction of sp³-hybridized carbons (Fsp3) is 0.750. The van der Waals surface area contributed by atoms with Gasteiger partial charge in [0, 0.05) is 24.7 Å². The van der Waals surface area contributed by atoms with Crippen LogP contribution < -0.4 is 10.6 Å². The number of likely N-dealkylation sites (tertiary alicyclic amines) is 1. The number of carbonyl (C=O) groups excluding carboxylic acids is 1. The van der Waals surface area contributed by atoms with E-state index in [2.05, 4.69) is 22.6 Å². The summed E-state index contributed by atoms with van der Waals surface area (Å²) < 4.78 is 0. The molecule has 2 aliphatic heterocycles. The van der Waals surface area contributed by atoms with Gasteiger partial charge < -0.3 is 15.5 Å². The van der Waals surface area contributed by atoms with Gasteiger partial charge in [-0.2, -0.15) is 0 Å². The first-order valence-electron chi connectivity index (χ1n) is 6.05. The molecule has 2 rings (SSSR count). The van der Waals surface area contributed by atoms with Crippen LogP contribution in [0.3, 0.4) is 0 Å². The molecule has 0 aromatic carbocycles. The van der Waals surface area contributed by atoms with Gasteiger partial charge in [-0.25, -0.2) is 0 Å². The molecule has 90 valence electrons. The molecule has 0 aromatic rings. The van der Waals surface area contributed by atoms with Gasteiger partial charge in [-0.15, -0.1) is 0 Å². The number of hydrogen-bond donors (Lipinski definition) is 2. The topological polar surface area (TPSA) is 44.4 Å². The lowest BCUT2D eigenvalue weighted by Gasteiger charge is -2.30. The second-order valence-electron chi connectivity index (χ2n) is 4.88. The van der Waals surface area contributed by atoms with E-state index < -0.39 is 0 Å². The summed E-state index contributed by atoms with van der Waals surface area (Å²) in [5.74, 6) is 0.131. The lowest BCUT2D eigenvalue weighted by atomic mass is 10.0. The van der Waals surface area contributed by atoms with Crippen molar-refractivity contribution < 1.29 is 4.79 Å². The van der Waals surface area contributed by atoms with Gasteiger partial charge in [0.25, 0.3) is 0 Å². The molecule has 0 spiro atoms. The Morgan fingerprint density at radius 2 is 2.00 bits per heavy atom. The number of nitrogens with one attached hydrogen (secondary N) is 2. The summed E-state index contributed by atoms with van der Waals surface area (Å²) in [6.07, 6.45) is 2.15. The minimum absolute atomic E-state index is 0.131. The summed E-state index contributed by atoms with van der Waals surface area (Å²) in [7, 11) is 2.13. The zero-order valence-corrected chi connectivity index (χ0v) is 10.2. The lowest BCUT2D eigenvalue weighted by Crippen LogP contribution is -2.45. The second kappa shape index (κ2) is 4.97. The molecule has 4 nitrogen and oxygen atoms in total. The van der Waals surface area contributed by atoms with Crippen molar-refractivity contribution in [3.05, 3.63) is 11.1 Å². The zero-order chi connectivity index (χ0) is 11.5. The van der Waals surface area contributed by atoms with Crippen molar-refractivity contribution in [1.82, 2.24) is 15.5 Å². The molecule has 2 heterocycles. The SMILES string of the molecule is CC(C(=O)NC1CCN(C)CC1)=C1CNC1. The van der Waals surface area contributed by atoms with Crippen molar-refractivity contribution in [3.8, 4) is 0 Å². The monoisotopic (exact) mass is 223 g/mol. The van der Waals surface area contributed by atoms with E-state index in [1.54, 1.807) is 0 Å². The summed E-state index contributed by atoms with van der Waals surface area (Å²) in [5, 5.41) is 6.30. The molecule has 0 radical (unpaired) electrons.